The lowest BCUT2D eigenvalue weighted by atomic mass is 10.1. The molecule has 18 nitrogen and oxygen atoms in total. The Morgan fingerprint density at radius 2 is 0.925 bits per heavy atom. The first kappa shape index (κ1) is 36.4. The Hall–Kier alpha value is -3.62. The lowest BCUT2D eigenvalue weighted by Gasteiger charge is -2.20. The Morgan fingerprint density at radius 3 is 1.20 bits per heavy atom. The molecule has 226 valence electrons. The molecule has 0 aliphatic carbocycles. The van der Waals surface area contributed by atoms with Gasteiger partial charge in [0.15, 0.2) is 0 Å². The zero-order chi connectivity index (χ0) is 30.8. The van der Waals surface area contributed by atoms with Crippen molar-refractivity contribution in [2.24, 2.45) is 11.5 Å². The van der Waals surface area contributed by atoms with E-state index in [-0.39, 0.29) is 37.2 Å². The third kappa shape index (κ3) is 17.1. The van der Waals surface area contributed by atoms with Crippen LogP contribution in [0.1, 0.15) is 25.7 Å². The molecule has 20 heteroatoms. The van der Waals surface area contributed by atoms with Crippen LogP contribution in [0.15, 0.2) is 0 Å². The fourth-order valence-corrected chi connectivity index (χ4v) is 4.85. The van der Waals surface area contributed by atoms with Crippen molar-refractivity contribution in [3.8, 4) is 0 Å². The first-order valence-electron chi connectivity index (χ1n) is 11.4. The van der Waals surface area contributed by atoms with Crippen LogP contribution in [0.25, 0.3) is 0 Å². The summed E-state index contributed by atoms with van der Waals surface area (Å²) in [5, 5.41) is 44.1. The maximum atomic E-state index is 12.4. The number of hydrogen-bond donors (Lipinski definition) is 10. The molecule has 4 amide bonds. The van der Waals surface area contributed by atoms with Gasteiger partial charge in [-0.1, -0.05) is 21.6 Å². The highest BCUT2D eigenvalue weighted by Crippen LogP contribution is 2.23. The third-order valence-corrected chi connectivity index (χ3v) is 7.11. The van der Waals surface area contributed by atoms with Gasteiger partial charge in [-0.05, 0) is 12.8 Å². The summed E-state index contributed by atoms with van der Waals surface area (Å²) < 4.78 is 0. The summed E-state index contributed by atoms with van der Waals surface area (Å²) >= 11 is 0. The third-order valence-electron chi connectivity index (χ3n) is 4.68. The van der Waals surface area contributed by atoms with Gasteiger partial charge in [-0.25, -0.2) is 0 Å². The van der Waals surface area contributed by atoms with E-state index in [9.17, 15) is 38.4 Å². The van der Waals surface area contributed by atoms with Gasteiger partial charge in [0, 0.05) is 24.3 Å². The summed E-state index contributed by atoms with van der Waals surface area (Å²) in [5.74, 6) is -8.81. The minimum Gasteiger partial charge on any atom is -0.480 e. The van der Waals surface area contributed by atoms with Crippen molar-refractivity contribution in [2.75, 3.05) is 24.6 Å². The second kappa shape index (κ2) is 19.4. The predicted molar refractivity (Wildman–Crippen MR) is 140 cm³/mol. The molecule has 0 heterocycles. The molecule has 0 aromatic heterocycles. The van der Waals surface area contributed by atoms with Crippen molar-refractivity contribution < 1.29 is 58.8 Å². The molecule has 40 heavy (non-hydrogen) atoms. The van der Waals surface area contributed by atoms with Crippen LogP contribution < -0.4 is 32.7 Å². The normalized spacial score (nSPS) is 13.6. The lowest BCUT2D eigenvalue weighted by Crippen LogP contribution is -2.50. The number of rotatable bonds is 21. The van der Waals surface area contributed by atoms with E-state index >= 15 is 0 Å². The zero-order valence-corrected chi connectivity index (χ0v) is 22.6. The molecule has 0 fully saturated rings. The number of hydrogen-bond acceptors (Lipinski definition) is 12. The fraction of sp³-hybridized carbons (Fsp3) is 0.600. The van der Waals surface area contributed by atoms with E-state index in [1.165, 1.54) is 0 Å². The van der Waals surface area contributed by atoms with E-state index in [0.29, 0.717) is 0 Å². The first-order valence-corrected chi connectivity index (χ1v) is 13.9. The van der Waals surface area contributed by atoms with E-state index in [0.717, 1.165) is 21.6 Å². The molecule has 0 spiro atoms. The minimum absolute atomic E-state index is 0.155. The van der Waals surface area contributed by atoms with Crippen LogP contribution >= 0.6 is 21.6 Å². The van der Waals surface area contributed by atoms with Gasteiger partial charge in [0.05, 0.1) is 0 Å². The SMILES string of the molecule is N[C@H](CCC(=O)N[C@H](CSSC[C@@H](NC(=O)CC[C@@H](N)C(=O)O)C(=O)NCC(=O)O)C(=O)NCC(=O)O)C(=O)O. The van der Waals surface area contributed by atoms with Crippen LogP contribution in [-0.2, 0) is 38.4 Å². The Bertz CT molecular complexity index is 879. The highest BCUT2D eigenvalue weighted by atomic mass is 33.1. The Balaban J connectivity index is 5.18. The van der Waals surface area contributed by atoms with Gasteiger partial charge in [0.1, 0.15) is 37.3 Å². The molecule has 0 aromatic carbocycles. The topological polar surface area (TPSA) is 318 Å². The van der Waals surface area contributed by atoms with E-state index in [2.05, 4.69) is 21.3 Å². The van der Waals surface area contributed by atoms with Crippen LogP contribution in [0.3, 0.4) is 0 Å². The molecule has 0 radical (unpaired) electrons. The molecule has 0 saturated heterocycles. The van der Waals surface area contributed by atoms with Crippen molar-refractivity contribution >= 4 is 69.1 Å². The van der Waals surface area contributed by atoms with Gasteiger partial charge in [0.2, 0.25) is 23.6 Å². The van der Waals surface area contributed by atoms with E-state index in [1.807, 2.05) is 0 Å². The number of carbonyl (C=O) groups is 8. The van der Waals surface area contributed by atoms with Crippen LogP contribution in [-0.4, -0.2) is 117 Å². The summed E-state index contributed by atoms with van der Waals surface area (Å²) in [6, 6.07) is -5.16. The largest absolute Gasteiger partial charge is 0.480 e. The average molecular weight is 613 g/mol. The Kier molecular flexibility index (Phi) is 17.7. The fourth-order valence-electron chi connectivity index (χ4n) is 2.52. The molecular weight excluding hydrogens is 580 g/mol. The van der Waals surface area contributed by atoms with Crippen LogP contribution in [0, 0.1) is 0 Å². The van der Waals surface area contributed by atoms with Gasteiger partial charge in [0.25, 0.3) is 0 Å². The number of amides is 4. The molecule has 0 aliphatic rings. The molecule has 0 bridgehead atoms. The second-order valence-corrected chi connectivity index (χ2v) is 10.6. The lowest BCUT2D eigenvalue weighted by molar-refractivity contribution is -0.140. The van der Waals surface area contributed by atoms with Gasteiger partial charge >= 0.3 is 23.9 Å². The van der Waals surface area contributed by atoms with Gasteiger partial charge in [-0.15, -0.1) is 0 Å². The molecular formula is C20H32N6O12S2. The Labute approximate surface area is 235 Å². The molecule has 0 aliphatic heterocycles. The van der Waals surface area contributed by atoms with Crippen molar-refractivity contribution in [2.45, 2.75) is 49.9 Å². The zero-order valence-electron chi connectivity index (χ0n) is 21.0. The van der Waals surface area contributed by atoms with E-state index in [1.54, 1.807) is 0 Å². The van der Waals surface area contributed by atoms with Crippen molar-refractivity contribution in [1.29, 1.82) is 0 Å². The first-order chi connectivity index (χ1) is 18.6. The van der Waals surface area contributed by atoms with Crippen LogP contribution in [0.4, 0.5) is 0 Å². The highest BCUT2D eigenvalue weighted by molar-refractivity contribution is 8.76. The molecule has 0 saturated carbocycles. The summed E-state index contributed by atoms with van der Waals surface area (Å²) in [4.78, 5) is 92.3. The summed E-state index contributed by atoms with van der Waals surface area (Å²) in [6.45, 7) is -1.48. The molecule has 12 N–H and O–H groups in total. The van der Waals surface area contributed by atoms with Gasteiger partial charge in [-0.3, -0.25) is 38.4 Å². The molecule has 0 rings (SSSR count). The predicted octanol–water partition coefficient (Wildman–Crippen LogP) is -3.88. The highest BCUT2D eigenvalue weighted by Gasteiger charge is 2.25. The average Bonchev–Trinajstić information content (AvgIpc) is 2.87. The Morgan fingerprint density at radius 1 is 0.600 bits per heavy atom. The van der Waals surface area contributed by atoms with Crippen LogP contribution in [0.2, 0.25) is 0 Å². The number of nitrogens with two attached hydrogens (primary N) is 2. The molecule has 0 unspecified atom stereocenters. The number of aliphatic carboxylic acids is 4. The summed E-state index contributed by atoms with van der Waals surface area (Å²) in [6.07, 6.45) is -1.12. The monoisotopic (exact) mass is 612 g/mol. The van der Waals surface area contributed by atoms with Crippen molar-refractivity contribution in [1.82, 2.24) is 21.3 Å². The molecule has 0 aromatic rings. The quantitative estimate of drug-likeness (QED) is 0.0437. The second-order valence-electron chi connectivity index (χ2n) is 8.00. The maximum absolute atomic E-state index is 12.4. The summed E-state index contributed by atoms with van der Waals surface area (Å²) in [5.41, 5.74) is 10.7. The van der Waals surface area contributed by atoms with Gasteiger partial charge in [-0.2, -0.15) is 0 Å². The van der Waals surface area contributed by atoms with Crippen LogP contribution in [0.5, 0.6) is 0 Å². The number of carboxylic acid groups (broad SMARTS) is 4. The minimum atomic E-state index is -1.34. The maximum Gasteiger partial charge on any atom is 0.322 e. The smallest absolute Gasteiger partial charge is 0.322 e. The standard InChI is InChI=1S/C20H32N6O12S2/c21-9(19(35)36)1-3-13(27)25-11(17(33)23-5-15(29)30)7-39-40-8-12(18(34)24-6-16(31)32)26-14(28)4-2-10(22)20(37)38/h9-12H,1-8,21-22H2,(H,23,33)(H,24,34)(H,25,27)(H,26,28)(H,29,30)(H,31,32)(H,35,36)(H,37,38)/t9-,10-,11-,12-/m1/s1. The van der Waals surface area contributed by atoms with E-state index in [4.69, 9.17) is 31.9 Å². The number of carboxylic acids is 4. The number of nitrogens with one attached hydrogen (secondary N) is 4. The summed E-state index contributed by atoms with van der Waals surface area (Å²) in [7, 11) is 1.89. The molecule has 4 atom stereocenters. The van der Waals surface area contributed by atoms with E-state index < -0.39 is 84.8 Å². The van der Waals surface area contributed by atoms with Gasteiger partial charge < -0.3 is 53.2 Å². The van der Waals surface area contributed by atoms with Crippen molar-refractivity contribution in [3.63, 3.8) is 0 Å². The number of carbonyl (C=O) groups excluding carboxylic acids is 4. The van der Waals surface area contributed by atoms with Crippen molar-refractivity contribution in [3.05, 3.63) is 0 Å².